The van der Waals surface area contributed by atoms with Crippen LogP contribution in [0.25, 0.3) is 0 Å². The zero-order valence-electron chi connectivity index (χ0n) is 16.0. The summed E-state index contributed by atoms with van der Waals surface area (Å²) < 4.78 is 56.4. The molecule has 158 valence electrons. The number of hydrogen-bond acceptors (Lipinski definition) is 6. The molecule has 2 aliphatic rings. The molecule has 3 heterocycles. The number of amides is 1. The van der Waals surface area contributed by atoms with Crippen molar-refractivity contribution in [2.75, 3.05) is 39.0 Å². The molecule has 1 aromatic heterocycles. The summed E-state index contributed by atoms with van der Waals surface area (Å²) in [6.45, 7) is 2.22. The Morgan fingerprint density at radius 3 is 2.29 bits per heavy atom. The number of hydrogen-bond donors (Lipinski definition) is 1. The van der Waals surface area contributed by atoms with Crippen molar-refractivity contribution >= 4 is 26.0 Å². The van der Waals surface area contributed by atoms with E-state index in [2.05, 4.69) is 5.32 Å². The minimum absolute atomic E-state index is 0.0378. The zero-order valence-corrected chi connectivity index (χ0v) is 17.6. The van der Waals surface area contributed by atoms with Gasteiger partial charge in [0.15, 0.2) is 5.76 Å². The molecular weight excluding hydrogens is 406 g/mol. The summed E-state index contributed by atoms with van der Waals surface area (Å²) in [5, 5.41) is 2.55. The maximum absolute atomic E-state index is 12.6. The van der Waals surface area contributed by atoms with E-state index in [1.807, 2.05) is 0 Å². The molecule has 28 heavy (non-hydrogen) atoms. The van der Waals surface area contributed by atoms with Gasteiger partial charge in [-0.3, -0.25) is 4.79 Å². The van der Waals surface area contributed by atoms with Gasteiger partial charge in [-0.05, 0) is 43.7 Å². The Bertz CT molecular complexity index is 895. The van der Waals surface area contributed by atoms with E-state index in [1.54, 1.807) is 0 Å². The number of carbonyl (C=O) groups is 1. The van der Waals surface area contributed by atoms with Crippen molar-refractivity contribution < 1.29 is 26.0 Å². The summed E-state index contributed by atoms with van der Waals surface area (Å²) in [4.78, 5) is 12.3. The van der Waals surface area contributed by atoms with Gasteiger partial charge in [0.25, 0.3) is 15.9 Å². The topological polar surface area (TPSA) is 117 Å². The molecule has 1 N–H and O–H groups in total. The van der Waals surface area contributed by atoms with Crippen LogP contribution in [0.3, 0.4) is 0 Å². The summed E-state index contributed by atoms with van der Waals surface area (Å²) in [6.07, 6.45) is 5.19. The van der Waals surface area contributed by atoms with Crippen LogP contribution in [-0.2, 0) is 20.0 Å². The van der Waals surface area contributed by atoms with Crippen LogP contribution in [0.2, 0.25) is 0 Å². The summed E-state index contributed by atoms with van der Waals surface area (Å²) in [6, 6.07) is 2.70. The van der Waals surface area contributed by atoms with Gasteiger partial charge in [0.1, 0.15) is 0 Å². The highest BCUT2D eigenvalue weighted by atomic mass is 32.2. The van der Waals surface area contributed by atoms with E-state index in [9.17, 15) is 21.6 Å². The van der Waals surface area contributed by atoms with Crippen LogP contribution >= 0.6 is 0 Å². The lowest BCUT2D eigenvalue weighted by Crippen LogP contribution is -2.41. The molecule has 1 aromatic rings. The molecular formula is C17H27N3O6S2. The van der Waals surface area contributed by atoms with Crippen LogP contribution < -0.4 is 5.32 Å². The van der Waals surface area contributed by atoms with Gasteiger partial charge in [-0.2, -0.15) is 4.31 Å². The fourth-order valence-corrected chi connectivity index (χ4v) is 5.89. The molecule has 2 aliphatic heterocycles. The average Bonchev–Trinajstić information content (AvgIpc) is 3.17. The van der Waals surface area contributed by atoms with E-state index in [4.69, 9.17) is 4.42 Å². The quantitative estimate of drug-likeness (QED) is 0.711. The summed E-state index contributed by atoms with van der Waals surface area (Å²) in [5.41, 5.74) is 0. The number of nitrogens with one attached hydrogen (secondary N) is 1. The number of rotatable bonds is 6. The first-order valence-electron chi connectivity index (χ1n) is 9.51. The van der Waals surface area contributed by atoms with Crippen molar-refractivity contribution in [3.05, 3.63) is 17.9 Å². The lowest BCUT2D eigenvalue weighted by atomic mass is 9.98. The van der Waals surface area contributed by atoms with Gasteiger partial charge in [-0.25, -0.2) is 21.1 Å². The van der Waals surface area contributed by atoms with Gasteiger partial charge in [-0.1, -0.05) is 6.42 Å². The molecule has 0 atom stereocenters. The molecule has 2 saturated heterocycles. The van der Waals surface area contributed by atoms with Gasteiger partial charge in [0, 0.05) is 32.7 Å². The summed E-state index contributed by atoms with van der Waals surface area (Å²) in [5.74, 6) is -0.330. The van der Waals surface area contributed by atoms with Crippen molar-refractivity contribution in [2.24, 2.45) is 5.92 Å². The Balaban J connectivity index is 1.53. The lowest BCUT2D eigenvalue weighted by Gasteiger charge is -2.30. The predicted octanol–water partition coefficient (Wildman–Crippen LogP) is 0.856. The van der Waals surface area contributed by atoms with Crippen LogP contribution in [-0.4, -0.2) is 70.3 Å². The predicted molar refractivity (Wildman–Crippen MR) is 103 cm³/mol. The standard InChI is InChI=1S/C17H27N3O6S2/c1-27(22,23)19-11-7-14(8-12-19)13-18-17(21)15-5-6-16(26-15)28(24,25)20-9-3-2-4-10-20/h5-6,14H,2-4,7-13H2,1H3,(H,18,21). The van der Waals surface area contributed by atoms with Crippen molar-refractivity contribution in [3.63, 3.8) is 0 Å². The lowest BCUT2D eigenvalue weighted by molar-refractivity contribution is 0.0908. The maximum Gasteiger partial charge on any atom is 0.287 e. The third-order valence-corrected chi connectivity index (χ3v) is 8.38. The molecule has 0 aliphatic carbocycles. The number of furan rings is 1. The van der Waals surface area contributed by atoms with Crippen LogP contribution in [0.5, 0.6) is 0 Å². The Hall–Kier alpha value is -1.43. The molecule has 0 radical (unpaired) electrons. The molecule has 0 spiro atoms. The number of piperidine rings is 2. The van der Waals surface area contributed by atoms with E-state index in [1.165, 1.54) is 27.0 Å². The number of sulfonamides is 2. The monoisotopic (exact) mass is 433 g/mol. The first-order chi connectivity index (χ1) is 13.2. The molecule has 9 nitrogen and oxygen atoms in total. The second-order valence-electron chi connectivity index (χ2n) is 7.40. The van der Waals surface area contributed by atoms with Gasteiger partial charge < -0.3 is 9.73 Å². The molecule has 0 aromatic carbocycles. The maximum atomic E-state index is 12.6. The molecule has 3 rings (SSSR count). The van der Waals surface area contributed by atoms with E-state index in [0.717, 1.165) is 19.3 Å². The van der Waals surface area contributed by atoms with E-state index in [0.29, 0.717) is 45.6 Å². The Morgan fingerprint density at radius 1 is 1.04 bits per heavy atom. The summed E-state index contributed by atoms with van der Waals surface area (Å²) in [7, 11) is -6.88. The SMILES string of the molecule is CS(=O)(=O)N1CCC(CNC(=O)c2ccc(S(=O)(=O)N3CCCCC3)o2)CC1. The minimum Gasteiger partial charge on any atom is -0.438 e. The number of carbonyl (C=O) groups excluding carboxylic acids is 1. The van der Waals surface area contributed by atoms with Crippen molar-refractivity contribution in [1.29, 1.82) is 0 Å². The first-order valence-corrected chi connectivity index (χ1v) is 12.8. The van der Waals surface area contributed by atoms with Crippen molar-refractivity contribution in [2.45, 2.75) is 37.2 Å². The molecule has 2 fully saturated rings. The van der Waals surface area contributed by atoms with Crippen LogP contribution in [0.1, 0.15) is 42.7 Å². The highest BCUT2D eigenvalue weighted by Gasteiger charge is 2.30. The van der Waals surface area contributed by atoms with Gasteiger partial charge >= 0.3 is 0 Å². The fraction of sp³-hybridized carbons (Fsp3) is 0.706. The zero-order chi connectivity index (χ0) is 20.4. The third-order valence-electron chi connectivity index (χ3n) is 5.31. The van der Waals surface area contributed by atoms with E-state index in [-0.39, 0.29) is 16.8 Å². The molecule has 0 saturated carbocycles. The van der Waals surface area contributed by atoms with Crippen LogP contribution in [0, 0.1) is 5.92 Å². The highest BCUT2D eigenvalue weighted by molar-refractivity contribution is 7.89. The largest absolute Gasteiger partial charge is 0.438 e. The van der Waals surface area contributed by atoms with Crippen molar-refractivity contribution in [3.8, 4) is 0 Å². The highest BCUT2D eigenvalue weighted by Crippen LogP contribution is 2.23. The molecule has 0 unspecified atom stereocenters. The second-order valence-corrected chi connectivity index (χ2v) is 11.3. The first kappa shape index (κ1) is 21.3. The Labute approximate surface area is 166 Å². The summed E-state index contributed by atoms with van der Waals surface area (Å²) >= 11 is 0. The normalized spacial score (nSPS) is 20.9. The van der Waals surface area contributed by atoms with Gasteiger partial charge in [0.05, 0.1) is 6.26 Å². The third kappa shape index (κ3) is 4.94. The van der Waals surface area contributed by atoms with Gasteiger partial charge in [-0.15, -0.1) is 0 Å². The molecule has 0 bridgehead atoms. The van der Waals surface area contributed by atoms with E-state index >= 15 is 0 Å². The average molecular weight is 434 g/mol. The number of nitrogens with zero attached hydrogens (tertiary/aromatic N) is 2. The molecule has 11 heteroatoms. The Kier molecular flexibility index (Phi) is 6.47. The van der Waals surface area contributed by atoms with Crippen LogP contribution in [0.4, 0.5) is 0 Å². The van der Waals surface area contributed by atoms with Gasteiger partial charge in [0.2, 0.25) is 15.1 Å². The smallest absolute Gasteiger partial charge is 0.287 e. The van der Waals surface area contributed by atoms with Crippen LogP contribution in [0.15, 0.2) is 21.6 Å². The molecule has 1 amide bonds. The fourth-order valence-electron chi connectivity index (χ4n) is 3.58. The Morgan fingerprint density at radius 2 is 1.68 bits per heavy atom. The minimum atomic E-state index is -3.71. The van der Waals surface area contributed by atoms with Crippen molar-refractivity contribution in [1.82, 2.24) is 13.9 Å². The van der Waals surface area contributed by atoms with E-state index < -0.39 is 26.0 Å². The second kappa shape index (κ2) is 8.52.